The fraction of sp³-hybridized carbons (Fsp3) is 0.533. The van der Waals surface area contributed by atoms with Gasteiger partial charge in [-0.2, -0.15) is 0 Å². The molecule has 1 aliphatic rings. The fourth-order valence-corrected chi connectivity index (χ4v) is 2.69. The molecule has 1 aliphatic heterocycles. The molecule has 2 rings (SSSR count). The molecule has 1 atom stereocenters. The number of amides is 1. The second kappa shape index (κ2) is 7.39. The SMILES string of the molecule is O=C(CCOc1ccccc1)N1CCC(CCCl)C1. The van der Waals surface area contributed by atoms with E-state index >= 15 is 0 Å². The van der Waals surface area contributed by atoms with E-state index in [1.807, 2.05) is 35.2 Å². The molecule has 1 aromatic rings. The van der Waals surface area contributed by atoms with Gasteiger partial charge < -0.3 is 9.64 Å². The Labute approximate surface area is 119 Å². The smallest absolute Gasteiger partial charge is 0.226 e. The van der Waals surface area contributed by atoms with Crippen LogP contribution in [-0.2, 0) is 4.79 Å². The van der Waals surface area contributed by atoms with Crippen LogP contribution in [0.4, 0.5) is 0 Å². The second-order valence-electron chi connectivity index (χ2n) is 4.88. The summed E-state index contributed by atoms with van der Waals surface area (Å²) in [6.45, 7) is 2.17. The lowest BCUT2D eigenvalue weighted by Gasteiger charge is -2.16. The van der Waals surface area contributed by atoms with Crippen LogP contribution in [0.3, 0.4) is 0 Å². The maximum atomic E-state index is 12.0. The van der Waals surface area contributed by atoms with Gasteiger partial charge in [-0.25, -0.2) is 0 Å². The second-order valence-corrected chi connectivity index (χ2v) is 5.26. The molecular formula is C15H20ClNO2. The minimum absolute atomic E-state index is 0.188. The van der Waals surface area contributed by atoms with Crippen LogP contribution in [0.15, 0.2) is 30.3 Å². The largest absolute Gasteiger partial charge is 0.493 e. The van der Waals surface area contributed by atoms with Gasteiger partial charge in [0.05, 0.1) is 13.0 Å². The molecule has 0 saturated carbocycles. The Hall–Kier alpha value is -1.22. The summed E-state index contributed by atoms with van der Waals surface area (Å²) in [6.07, 6.45) is 2.53. The van der Waals surface area contributed by atoms with Gasteiger partial charge in [-0.1, -0.05) is 18.2 Å². The van der Waals surface area contributed by atoms with Crippen molar-refractivity contribution < 1.29 is 9.53 Å². The Kier molecular flexibility index (Phi) is 5.52. The molecule has 4 heteroatoms. The summed E-state index contributed by atoms with van der Waals surface area (Å²) in [5.41, 5.74) is 0. The molecule has 0 N–H and O–H groups in total. The summed E-state index contributed by atoms with van der Waals surface area (Å²) < 4.78 is 5.54. The molecule has 19 heavy (non-hydrogen) atoms. The van der Waals surface area contributed by atoms with Crippen molar-refractivity contribution in [1.82, 2.24) is 4.90 Å². The molecule has 1 amide bonds. The van der Waals surface area contributed by atoms with Crippen molar-refractivity contribution in [3.8, 4) is 5.75 Å². The van der Waals surface area contributed by atoms with Gasteiger partial charge in [-0.3, -0.25) is 4.79 Å². The van der Waals surface area contributed by atoms with E-state index in [9.17, 15) is 4.79 Å². The fourth-order valence-electron chi connectivity index (χ4n) is 2.38. The molecule has 1 saturated heterocycles. The zero-order chi connectivity index (χ0) is 13.5. The van der Waals surface area contributed by atoms with Gasteiger partial charge >= 0.3 is 0 Å². The summed E-state index contributed by atoms with van der Waals surface area (Å²) in [6, 6.07) is 9.59. The number of para-hydroxylation sites is 1. The van der Waals surface area contributed by atoms with E-state index in [1.54, 1.807) is 0 Å². The molecule has 0 aliphatic carbocycles. The number of benzene rings is 1. The Morgan fingerprint density at radius 2 is 2.16 bits per heavy atom. The van der Waals surface area contributed by atoms with E-state index < -0.39 is 0 Å². The van der Waals surface area contributed by atoms with Crippen LogP contribution in [0.5, 0.6) is 5.75 Å². The van der Waals surface area contributed by atoms with Crippen molar-refractivity contribution in [1.29, 1.82) is 0 Å². The molecule has 104 valence electrons. The third-order valence-electron chi connectivity index (χ3n) is 3.48. The topological polar surface area (TPSA) is 29.5 Å². The summed E-state index contributed by atoms with van der Waals surface area (Å²) >= 11 is 5.74. The van der Waals surface area contributed by atoms with Gasteiger partial charge in [0.1, 0.15) is 5.75 Å². The average Bonchev–Trinajstić information content (AvgIpc) is 2.89. The van der Waals surface area contributed by atoms with Crippen molar-refractivity contribution in [3.63, 3.8) is 0 Å². The van der Waals surface area contributed by atoms with Crippen LogP contribution in [0.2, 0.25) is 0 Å². The van der Waals surface area contributed by atoms with E-state index in [-0.39, 0.29) is 5.91 Å². The number of carbonyl (C=O) groups excluding carboxylic acids is 1. The normalized spacial score (nSPS) is 18.6. The predicted molar refractivity (Wildman–Crippen MR) is 76.6 cm³/mol. The standard InChI is InChI=1S/C15H20ClNO2/c16-9-6-13-7-10-17(12-13)15(18)8-11-19-14-4-2-1-3-5-14/h1-5,13H,6-12H2. The average molecular weight is 282 g/mol. The first-order chi connectivity index (χ1) is 9.29. The number of rotatable bonds is 6. The molecule has 1 unspecified atom stereocenters. The zero-order valence-electron chi connectivity index (χ0n) is 11.1. The third kappa shape index (κ3) is 4.43. The maximum Gasteiger partial charge on any atom is 0.226 e. The molecule has 0 aromatic heterocycles. The minimum Gasteiger partial charge on any atom is -0.493 e. The van der Waals surface area contributed by atoms with Crippen LogP contribution in [0, 0.1) is 5.92 Å². The Balaban J connectivity index is 1.68. The molecule has 3 nitrogen and oxygen atoms in total. The number of carbonyl (C=O) groups is 1. The molecule has 1 heterocycles. The van der Waals surface area contributed by atoms with E-state index in [0.29, 0.717) is 24.8 Å². The van der Waals surface area contributed by atoms with Gasteiger partial charge in [0.2, 0.25) is 5.91 Å². The number of ether oxygens (including phenoxy) is 1. The molecule has 0 radical (unpaired) electrons. The van der Waals surface area contributed by atoms with Crippen LogP contribution >= 0.6 is 11.6 Å². The monoisotopic (exact) mass is 281 g/mol. The number of halogens is 1. The highest BCUT2D eigenvalue weighted by Gasteiger charge is 2.25. The molecule has 1 fully saturated rings. The first-order valence-electron chi connectivity index (χ1n) is 6.81. The van der Waals surface area contributed by atoms with Crippen molar-refractivity contribution in [2.45, 2.75) is 19.3 Å². The number of likely N-dealkylation sites (tertiary alicyclic amines) is 1. The highest BCUT2D eigenvalue weighted by atomic mass is 35.5. The summed E-state index contributed by atoms with van der Waals surface area (Å²) in [5, 5.41) is 0. The highest BCUT2D eigenvalue weighted by Crippen LogP contribution is 2.20. The summed E-state index contributed by atoms with van der Waals surface area (Å²) in [5.74, 6) is 2.27. The molecule has 0 bridgehead atoms. The first-order valence-corrected chi connectivity index (χ1v) is 7.34. The Bertz CT molecular complexity index is 396. The first kappa shape index (κ1) is 14.2. The van der Waals surface area contributed by atoms with E-state index in [4.69, 9.17) is 16.3 Å². The number of alkyl halides is 1. The van der Waals surface area contributed by atoms with Crippen molar-refractivity contribution in [3.05, 3.63) is 30.3 Å². The molecular weight excluding hydrogens is 262 g/mol. The van der Waals surface area contributed by atoms with Gasteiger partial charge in [-0.15, -0.1) is 11.6 Å². The summed E-state index contributed by atoms with van der Waals surface area (Å²) in [4.78, 5) is 13.9. The predicted octanol–water partition coefficient (Wildman–Crippen LogP) is 2.93. The number of hydrogen-bond acceptors (Lipinski definition) is 2. The lowest BCUT2D eigenvalue weighted by Crippen LogP contribution is -2.29. The van der Waals surface area contributed by atoms with Crippen molar-refractivity contribution in [2.75, 3.05) is 25.6 Å². The maximum absolute atomic E-state index is 12.0. The van der Waals surface area contributed by atoms with Gasteiger partial charge in [-0.05, 0) is 30.9 Å². The van der Waals surface area contributed by atoms with Crippen LogP contribution < -0.4 is 4.74 Å². The molecule has 0 spiro atoms. The minimum atomic E-state index is 0.188. The van der Waals surface area contributed by atoms with Gasteiger partial charge in [0.15, 0.2) is 0 Å². The van der Waals surface area contributed by atoms with Crippen LogP contribution in [0.25, 0.3) is 0 Å². The highest BCUT2D eigenvalue weighted by molar-refractivity contribution is 6.17. The molecule has 1 aromatic carbocycles. The Morgan fingerprint density at radius 1 is 1.37 bits per heavy atom. The zero-order valence-corrected chi connectivity index (χ0v) is 11.8. The lowest BCUT2D eigenvalue weighted by atomic mass is 10.1. The lowest BCUT2D eigenvalue weighted by molar-refractivity contribution is -0.130. The Morgan fingerprint density at radius 3 is 2.89 bits per heavy atom. The van der Waals surface area contributed by atoms with Crippen molar-refractivity contribution in [2.24, 2.45) is 5.92 Å². The van der Waals surface area contributed by atoms with E-state index in [2.05, 4.69) is 0 Å². The third-order valence-corrected chi connectivity index (χ3v) is 3.70. The van der Waals surface area contributed by atoms with Crippen LogP contribution in [0.1, 0.15) is 19.3 Å². The van der Waals surface area contributed by atoms with Gasteiger partial charge in [0, 0.05) is 19.0 Å². The van der Waals surface area contributed by atoms with Crippen molar-refractivity contribution >= 4 is 17.5 Å². The summed E-state index contributed by atoms with van der Waals surface area (Å²) in [7, 11) is 0. The van der Waals surface area contributed by atoms with Crippen LogP contribution in [-0.4, -0.2) is 36.4 Å². The van der Waals surface area contributed by atoms with E-state index in [1.165, 1.54) is 0 Å². The quantitative estimate of drug-likeness (QED) is 0.751. The van der Waals surface area contributed by atoms with Gasteiger partial charge in [0.25, 0.3) is 0 Å². The number of nitrogens with zero attached hydrogens (tertiary/aromatic N) is 1. The van der Waals surface area contributed by atoms with E-state index in [0.717, 1.165) is 31.7 Å². The number of hydrogen-bond donors (Lipinski definition) is 0.